The third-order valence-electron chi connectivity index (χ3n) is 7.96. The van der Waals surface area contributed by atoms with Crippen LogP contribution in [0.15, 0.2) is 28.8 Å². The van der Waals surface area contributed by atoms with Crippen molar-refractivity contribution in [2.45, 2.75) is 64.5 Å². The predicted molar refractivity (Wildman–Crippen MR) is 131 cm³/mol. The summed E-state index contributed by atoms with van der Waals surface area (Å²) >= 11 is 0. The van der Waals surface area contributed by atoms with Crippen LogP contribution in [0, 0.1) is 5.41 Å². The molecule has 0 atom stereocenters. The molecule has 1 aliphatic carbocycles. The second-order valence-electron chi connectivity index (χ2n) is 10.8. The SMILES string of the molecule is CC(C)c1cc(C(=O)Nc2nc3cc(CN4CCCC4)ccc3n2C2CC3(CCNC3)C2)on1. The second-order valence-corrected chi connectivity index (χ2v) is 10.8. The maximum atomic E-state index is 13.0. The number of nitrogens with zero attached hydrogens (tertiary/aromatic N) is 4. The molecule has 1 saturated carbocycles. The van der Waals surface area contributed by atoms with E-state index in [0.29, 0.717) is 17.4 Å². The first-order valence-electron chi connectivity index (χ1n) is 12.7. The third kappa shape index (κ3) is 3.92. The van der Waals surface area contributed by atoms with E-state index in [1.807, 2.05) is 13.8 Å². The molecule has 1 aromatic carbocycles. The fourth-order valence-electron chi connectivity index (χ4n) is 6.00. The Hall–Kier alpha value is -2.71. The van der Waals surface area contributed by atoms with Gasteiger partial charge in [0.1, 0.15) is 0 Å². The number of amides is 1. The predicted octanol–water partition coefficient (Wildman–Crippen LogP) is 4.31. The summed E-state index contributed by atoms with van der Waals surface area (Å²) in [5.41, 5.74) is 4.48. The zero-order valence-corrected chi connectivity index (χ0v) is 20.1. The van der Waals surface area contributed by atoms with Crippen molar-refractivity contribution in [1.82, 2.24) is 24.9 Å². The van der Waals surface area contributed by atoms with E-state index in [2.05, 4.69) is 43.5 Å². The summed E-state index contributed by atoms with van der Waals surface area (Å²) in [5.74, 6) is 0.730. The fourth-order valence-corrected chi connectivity index (χ4v) is 6.00. The van der Waals surface area contributed by atoms with Crippen LogP contribution in [0.3, 0.4) is 0 Å². The lowest BCUT2D eigenvalue weighted by Crippen LogP contribution is -2.40. The van der Waals surface area contributed by atoms with E-state index in [-0.39, 0.29) is 17.6 Å². The number of fused-ring (bicyclic) bond motifs is 1. The summed E-state index contributed by atoms with van der Waals surface area (Å²) in [5, 5.41) is 10.6. The largest absolute Gasteiger partial charge is 0.351 e. The molecule has 0 radical (unpaired) electrons. The summed E-state index contributed by atoms with van der Waals surface area (Å²) in [6.07, 6.45) is 6.03. The van der Waals surface area contributed by atoms with E-state index >= 15 is 0 Å². The average molecular weight is 463 g/mol. The number of carbonyl (C=O) groups excluding carboxylic acids is 1. The molecular weight excluding hydrogens is 428 g/mol. The molecule has 6 rings (SSSR count). The second kappa shape index (κ2) is 8.50. The van der Waals surface area contributed by atoms with Crippen molar-refractivity contribution in [1.29, 1.82) is 0 Å². The van der Waals surface area contributed by atoms with Gasteiger partial charge in [-0.05, 0) is 80.8 Å². The van der Waals surface area contributed by atoms with Gasteiger partial charge in [0.2, 0.25) is 11.7 Å². The third-order valence-corrected chi connectivity index (χ3v) is 7.96. The molecule has 180 valence electrons. The minimum atomic E-state index is -0.301. The highest BCUT2D eigenvalue weighted by molar-refractivity contribution is 6.02. The average Bonchev–Trinajstić information content (AvgIpc) is 3.57. The highest BCUT2D eigenvalue weighted by Crippen LogP contribution is 2.53. The van der Waals surface area contributed by atoms with E-state index < -0.39 is 0 Å². The van der Waals surface area contributed by atoms with Crippen LogP contribution in [0.2, 0.25) is 0 Å². The van der Waals surface area contributed by atoms with Gasteiger partial charge in [0, 0.05) is 25.2 Å². The number of carbonyl (C=O) groups is 1. The van der Waals surface area contributed by atoms with Gasteiger partial charge in [-0.3, -0.25) is 15.0 Å². The number of rotatable bonds is 6. The fraction of sp³-hybridized carbons (Fsp3) is 0.577. The molecule has 3 fully saturated rings. The van der Waals surface area contributed by atoms with Gasteiger partial charge >= 0.3 is 0 Å². The monoisotopic (exact) mass is 462 g/mol. The molecule has 0 unspecified atom stereocenters. The number of hydrogen-bond acceptors (Lipinski definition) is 6. The van der Waals surface area contributed by atoms with E-state index in [0.717, 1.165) is 49.2 Å². The lowest BCUT2D eigenvalue weighted by Gasteiger charge is -2.46. The molecule has 2 aromatic heterocycles. The Morgan fingerprint density at radius 3 is 2.79 bits per heavy atom. The van der Waals surface area contributed by atoms with E-state index in [1.54, 1.807) is 6.07 Å². The van der Waals surface area contributed by atoms with Gasteiger partial charge in [0.25, 0.3) is 5.91 Å². The molecule has 4 heterocycles. The molecule has 2 saturated heterocycles. The van der Waals surface area contributed by atoms with Crippen molar-refractivity contribution in [2.75, 3.05) is 31.5 Å². The van der Waals surface area contributed by atoms with Crippen molar-refractivity contribution in [3.8, 4) is 0 Å². The topological polar surface area (TPSA) is 88.2 Å². The van der Waals surface area contributed by atoms with Gasteiger partial charge in [0.05, 0.1) is 16.7 Å². The van der Waals surface area contributed by atoms with Crippen LogP contribution in [0.4, 0.5) is 5.95 Å². The lowest BCUT2D eigenvalue weighted by molar-refractivity contribution is 0.0871. The number of benzene rings is 1. The van der Waals surface area contributed by atoms with Gasteiger partial charge in [0.15, 0.2) is 0 Å². The highest BCUT2D eigenvalue weighted by Gasteiger charge is 2.47. The summed E-state index contributed by atoms with van der Waals surface area (Å²) in [7, 11) is 0. The van der Waals surface area contributed by atoms with Gasteiger partial charge < -0.3 is 14.4 Å². The van der Waals surface area contributed by atoms with Gasteiger partial charge in [-0.1, -0.05) is 25.1 Å². The number of aromatic nitrogens is 3. The number of anilines is 1. The summed E-state index contributed by atoms with van der Waals surface area (Å²) in [6, 6.07) is 8.67. The molecule has 8 nitrogen and oxygen atoms in total. The first-order valence-corrected chi connectivity index (χ1v) is 12.7. The summed E-state index contributed by atoms with van der Waals surface area (Å²) < 4.78 is 7.58. The molecule has 34 heavy (non-hydrogen) atoms. The minimum absolute atomic E-state index is 0.204. The minimum Gasteiger partial charge on any atom is -0.351 e. The van der Waals surface area contributed by atoms with Crippen LogP contribution in [-0.4, -0.2) is 51.7 Å². The van der Waals surface area contributed by atoms with E-state index in [9.17, 15) is 4.79 Å². The van der Waals surface area contributed by atoms with Crippen LogP contribution >= 0.6 is 0 Å². The van der Waals surface area contributed by atoms with Crippen molar-refractivity contribution in [2.24, 2.45) is 5.41 Å². The van der Waals surface area contributed by atoms with Crippen LogP contribution in [0.5, 0.6) is 0 Å². The zero-order chi connectivity index (χ0) is 23.3. The zero-order valence-electron chi connectivity index (χ0n) is 20.1. The molecule has 1 spiro atoms. The molecule has 3 aliphatic rings. The normalized spacial score (nSPS) is 25.0. The first-order chi connectivity index (χ1) is 16.5. The Kier molecular flexibility index (Phi) is 5.45. The molecule has 8 heteroatoms. The molecule has 2 N–H and O–H groups in total. The van der Waals surface area contributed by atoms with Gasteiger partial charge in [-0.2, -0.15) is 0 Å². The first kappa shape index (κ1) is 21.8. The maximum absolute atomic E-state index is 13.0. The Balaban J connectivity index is 1.30. The standard InChI is InChI=1S/C26H34N6O2/c1-17(2)20-12-23(34-30-20)24(33)29-25-28-21-11-18(15-31-9-3-4-10-31)5-6-22(21)32(25)19-13-26(14-19)7-8-27-16-26/h5-6,11-12,17,19,27H,3-4,7-10,13-16H2,1-2H3,(H,28,29,33). The maximum Gasteiger partial charge on any atom is 0.296 e. The molecule has 3 aromatic rings. The Morgan fingerprint density at radius 1 is 1.26 bits per heavy atom. The Bertz CT molecular complexity index is 1190. The number of nitrogens with one attached hydrogen (secondary N) is 2. The molecule has 0 bridgehead atoms. The lowest BCUT2D eigenvalue weighted by atomic mass is 9.65. The number of hydrogen-bond donors (Lipinski definition) is 2. The Morgan fingerprint density at radius 2 is 2.09 bits per heavy atom. The van der Waals surface area contributed by atoms with Gasteiger partial charge in [-0.15, -0.1) is 0 Å². The molecule has 1 amide bonds. The summed E-state index contributed by atoms with van der Waals surface area (Å²) in [4.78, 5) is 20.4. The van der Waals surface area contributed by atoms with Crippen molar-refractivity contribution in [3.05, 3.63) is 41.3 Å². The number of imidazole rings is 1. The molecular formula is C26H34N6O2. The quantitative estimate of drug-likeness (QED) is 0.568. The highest BCUT2D eigenvalue weighted by atomic mass is 16.5. The Labute approximate surface area is 200 Å². The van der Waals surface area contributed by atoms with Crippen LogP contribution in [0.25, 0.3) is 11.0 Å². The summed E-state index contributed by atoms with van der Waals surface area (Å²) in [6.45, 7) is 9.55. The van der Waals surface area contributed by atoms with Crippen LogP contribution in [0.1, 0.15) is 79.7 Å². The van der Waals surface area contributed by atoms with E-state index in [4.69, 9.17) is 9.51 Å². The number of likely N-dealkylation sites (tertiary alicyclic amines) is 1. The molecule has 2 aliphatic heterocycles. The van der Waals surface area contributed by atoms with Crippen molar-refractivity contribution >= 4 is 22.9 Å². The van der Waals surface area contributed by atoms with Crippen LogP contribution in [-0.2, 0) is 6.54 Å². The van der Waals surface area contributed by atoms with Crippen molar-refractivity contribution < 1.29 is 9.32 Å². The van der Waals surface area contributed by atoms with Crippen LogP contribution < -0.4 is 10.6 Å². The van der Waals surface area contributed by atoms with E-state index in [1.165, 1.54) is 37.9 Å². The van der Waals surface area contributed by atoms with Gasteiger partial charge in [-0.25, -0.2) is 4.98 Å². The van der Waals surface area contributed by atoms with Crippen molar-refractivity contribution in [3.63, 3.8) is 0 Å². The smallest absolute Gasteiger partial charge is 0.296 e.